The molecular weight excluding hydrogens is 468 g/mol. The number of anilines is 1. The second kappa shape index (κ2) is 10.1. The van der Waals surface area contributed by atoms with Crippen LogP contribution in [-0.4, -0.2) is 64.3 Å². The van der Waals surface area contributed by atoms with E-state index >= 15 is 0 Å². The van der Waals surface area contributed by atoms with Crippen molar-refractivity contribution in [3.05, 3.63) is 58.7 Å². The number of likely N-dealkylation sites (N-methyl/N-ethyl adjacent to an activating group) is 1. The molecule has 1 fully saturated rings. The van der Waals surface area contributed by atoms with Crippen molar-refractivity contribution in [2.45, 2.75) is 19.8 Å². The molecule has 0 saturated carbocycles. The molecule has 32 heavy (non-hydrogen) atoms. The Balaban J connectivity index is 0.00000289. The summed E-state index contributed by atoms with van der Waals surface area (Å²) in [7, 11) is 5.58. The monoisotopic (exact) mass is 500 g/mol. The lowest BCUT2D eigenvalue weighted by Gasteiger charge is -2.42. The molecule has 0 aromatic heterocycles. The fourth-order valence-corrected chi connectivity index (χ4v) is 4.81. The van der Waals surface area contributed by atoms with Crippen LogP contribution in [0.4, 0.5) is 5.69 Å². The number of rotatable bonds is 6. The van der Waals surface area contributed by atoms with Crippen LogP contribution in [-0.2, 0) is 6.42 Å². The number of allylic oxidation sites excluding steroid dienone is 1. The van der Waals surface area contributed by atoms with E-state index < -0.39 is 0 Å². The van der Waals surface area contributed by atoms with Gasteiger partial charge in [-0.2, -0.15) is 0 Å². The second-order valence-corrected chi connectivity index (χ2v) is 8.91. The third-order valence-electron chi connectivity index (χ3n) is 6.71. The summed E-state index contributed by atoms with van der Waals surface area (Å²) in [6, 6.07) is 12.3. The smallest absolute Gasteiger partial charge is 0.189 e. The number of benzene rings is 2. The van der Waals surface area contributed by atoms with Gasteiger partial charge in [0.25, 0.3) is 0 Å². The van der Waals surface area contributed by atoms with Crippen LogP contribution >= 0.6 is 0 Å². The zero-order chi connectivity index (χ0) is 22.0. The molecule has 2 aliphatic rings. The summed E-state index contributed by atoms with van der Waals surface area (Å²) >= 11 is 0. The van der Waals surface area contributed by atoms with Gasteiger partial charge in [-0.1, -0.05) is 19.1 Å². The Morgan fingerprint density at radius 2 is 1.66 bits per heavy atom. The molecule has 2 aromatic carbocycles. The number of ether oxygens (including phenoxy) is 2. The van der Waals surface area contributed by atoms with Gasteiger partial charge in [0.1, 0.15) is 0 Å². The predicted octanol–water partition coefficient (Wildman–Crippen LogP) is 1.21. The first-order chi connectivity index (χ1) is 15.0. The van der Waals surface area contributed by atoms with Crippen molar-refractivity contribution in [1.29, 1.82) is 0 Å². The van der Waals surface area contributed by atoms with Crippen molar-refractivity contribution in [2.75, 3.05) is 58.9 Å². The molecule has 6 heteroatoms. The number of ketones is 1. The highest BCUT2D eigenvalue weighted by Gasteiger charge is 2.28. The molecule has 0 radical (unpaired) electrons. The minimum Gasteiger partial charge on any atom is -1.00 e. The first kappa shape index (κ1) is 24.3. The molecule has 1 heterocycles. The van der Waals surface area contributed by atoms with Crippen molar-refractivity contribution in [3.63, 3.8) is 0 Å². The van der Waals surface area contributed by atoms with Crippen molar-refractivity contribution in [1.82, 2.24) is 0 Å². The summed E-state index contributed by atoms with van der Waals surface area (Å²) in [4.78, 5) is 15.4. The van der Waals surface area contributed by atoms with E-state index in [0.29, 0.717) is 23.5 Å². The van der Waals surface area contributed by atoms with Gasteiger partial charge in [-0.3, -0.25) is 4.79 Å². The normalized spacial score (nSPS) is 18.3. The van der Waals surface area contributed by atoms with E-state index in [0.717, 1.165) is 29.8 Å². The van der Waals surface area contributed by atoms with Crippen molar-refractivity contribution in [2.24, 2.45) is 0 Å². The van der Waals surface area contributed by atoms with E-state index in [1.54, 1.807) is 20.3 Å². The van der Waals surface area contributed by atoms with Crippen molar-refractivity contribution in [3.8, 4) is 11.5 Å². The highest BCUT2D eigenvalue weighted by atomic mass is 79.9. The largest absolute Gasteiger partial charge is 1.00 e. The first-order valence-electron chi connectivity index (χ1n) is 11.1. The molecule has 172 valence electrons. The fraction of sp³-hybridized carbons (Fsp3) is 0.423. The van der Waals surface area contributed by atoms with E-state index in [1.807, 2.05) is 12.1 Å². The predicted molar refractivity (Wildman–Crippen MR) is 125 cm³/mol. The maximum atomic E-state index is 12.9. The molecule has 5 nitrogen and oxygen atoms in total. The van der Waals surface area contributed by atoms with E-state index in [4.69, 9.17) is 9.47 Å². The molecule has 0 atom stereocenters. The number of halogens is 1. The van der Waals surface area contributed by atoms with Gasteiger partial charge in [-0.15, -0.1) is 0 Å². The standard InChI is InChI=1S/C26H33N2O3.BrH/c1-5-12-28(2)13-10-27(11-14-28)22-8-6-19(7-9-22)15-21-16-20-17-24(30-3)25(31-4)18-23(20)26(21)29;/h6-9,15,17-18H,5,10-14,16H2,1-4H3;1H/q+1;/p-1/b21-15+;. The van der Waals surface area contributed by atoms with Gasteiger partial charge < -0.3 is 35.8 Å². The Labute approximate surface area is 202 Å². The molecule has 1 aliphatic heterocycles. The molecular formula is C26H33BrN2O3. The maximum absolute atomic E-state index is 12.9. The fourth-order valence-electron chi connectivity index (χ4n) is 4.81. The maximum Gasteiger partial charge on any atom is 0.189 e. The van der Waals surface area contributed by atoms with E-state index in [1.165, 1.54) is 36.2 Å². The van der Waals surface area contributed by atoms with Crippen molar-refractivity contribution >= 4 is 17.5 Å². The van der Waals surface area contributed by atoms with Gasteiger partial charge >= 0.3 is 0 Å². The molecule has 2 aromatic rings. The number of carbonyl (C=O) groups excluding carboxylic acids is 1. The number of carbonyl (C=O) groups is 1. The minimum absolute atomic E-state index is 0. The highest BCUT2D eigenvalue weighted by molar-refractivity contribution is 6.15. The number of nitrogens with zero attached hydrogens (tertiary/aromatic N) is 2. The SMILES string of the molecule is CCC[N+]1(C)CCN(c2ccc(/C=C3\Cc4cc(OC)c(OC)cc4C3=O)cc2)CC1.[Br-]. The van der Waals surface area contributed by atoms with Crippen molar-refractivity contribution < 1.29 is 35.7 Å². The molecule has 0 amide bonds. The number of piperazine rings is 1. The van der Waals surface area contributed by atoms with Gasteiger partial charge in [0.2, 0.25) is 0 Å². The van der Waals surface area contributed by atoms with Gasteiger partial charge in [0.15, 0.2) is 17.3 Å². The van der Waals surface area contributed by atoms with Crippen LogP contribution in [0, 0.1) is 0 Å². The molecule has 1 aliphatic carbocycles. The molecule has 0 bridgehead atoms. The summed E-state index contributed by atoms with van der Waals surface area (Å²) in [6.45, 7) is 8.10. The number of Topliss-reactive ketones (excluding diaryl/α,β-unsaturated/α-hetero) is 1. The van der Waals surface area contributed by atoms with Crippen LogP contribution < -0.4 is 31.4 Å². The van der Waals surface area contributed by atoms with Gasteiger partial charge in [0, 0.05) is 23.2 Å². The highest BCUT2D eigenvalue weighted by Crippen LogP contribution is 2.37. The molecule has 1 saturated heterocycles. The lowest BCUT2D eigenvalue weighted by molar-refractivity contribution is -0.910. The third kappa shape index (κ3) is 4.86. The van der Waals surface area contributed by atoms with E-state index in [2.05, 4.69) is 43.1 Å². The zero-order valence-electron chi connectivity index (χ0n) is 19.5. The number of hydrogen-bond donors (Lipinski definition) is 0. The molecule has 0 spiro atoms. The van der Waals surface area contributed by atoms with Crippen LogP contribution in [0.5, 0.6) is 11.5 Å². The summed E-state index contributed by atoms with van der Waals surface area (Å²) in [5, 5.41) is 0. The van der Waals surface area contributed by atoms with Crippen LogP contribution in [0.3, 0.4) is 0 Å². The summed E-state index contributed by atoms with van der Waals surface area (Å²) < 4.78 is 11.9. The number of quaternary nitrogens is 1. The van der Waals surface area contributed by atoms with Crippen LogP contribution in [0.2, 0.25) is 0 Å². The van der Waals surface area contributed by atoms with Gasteiger partial charge in [-0.25, -0.2) is 0 Å². The third-order valence-corrected chi connectivity index (χ3v) is 6.71. The number of methoxy groups -OCH3 is 2. The lowest BCUT2D eigenvalue weighted by atomic mass is 10.1. The minimum atomic E-state index is 0. The Morgan fingerprint density at radius 3 is 2.25 bits per heavy atom. The molecule has 0 unspecified atom stereocenters. The Bertz CT molecular complexity index is 993. The number of hydrogen-bond acceptors (Lipinski definition) is 4. The van der Waals surface area contributed by atoms with Gasteiger partial charge in [-0.05, 0) is 47.9 Å². The van der Waals surface area contributed by atoms with E-state index in [9.17, 15) is 4.79 Å². The lowest BCUT2D eigenvalue weighted by Crippen LogP contribution is -3.00. The van der Waals surface area contributed by atoms with Crippen LogP contribution in [0.1, 0.15) is 34.8 Å². The second-order valence-electron chi connectivity index (χ2n) is 8.91. The van der Waals surface area contributed by atoms with Gasteiger partial charge in [0.05, 0.1) is 54.0 Å². The average Bonchev–Trinajstić information content (AvgIpc) is 3.08. The Kier molecular flexibility index (Phi) is 7.67. The van der Waals surface area contributed by atoms with Crippen LogP contribution in [0.15, 0.2) is 42.0 Å². The Morgan fingerprint density at radius 1 is 1.03 bits per heavy atom. The quantitative estimate of drug-likeness (QED) is 0.441. The summed E-state index contributed by atoms with van der Waals surface area (Å²) in [5.41, 5.74) is 4.83. The van der Waals surface area contributed by atoms with Crippen LogP contribution in [0.25, 0.3) is 6.08 Å². The zero-order valence-corrected chi connectivity index (χ0v) is 21.1. The summed E-state index contributed by atoms with van der Waals surface area (Å²) in [5.74, 6) is 1.33. The Hall–Kier alpha value is -2.31. The molecule has 0 N–H and O–H groups in total. The molecule has 4 rings (SSSR count). The first-order valence-corrected chi connectivity index (χ1v) is 11.1. The number of fused-ring (bicyclic) bond motifs is 1. The summed E-state index contributed by atoms with van der Waals surface area (Å²) in [6.07, 6.45) is 3.87. The topological polar surface area (TPSA) is 38.8 Å². The average molecular weight is 501 g/mol. The van der Waals surface area contributed by atoms with E-state index in [-0.39, 0.29) is 22.8 Å².